The Balaban J connectivity index is 1.63. The van der Waals surface area contributed by atoms with Crippen molar-refractivity contribution in [1.29, 1.82) is 0 Å². The molecule has 108 valence electrons. The van der Waals surface area contributed by atoms with Crippen molar-refractivity contribution in [3.8, 4) is 0 Å². The molecule has 2 N–H and O–H groups in total. The van der Waals surface area contributed by atoms with Crippen molar-refractivity contribution >= 4 is 17.6 Å². The molecular weight excluding hydrogens is 274 g/mol. The van der Waals surface area contributed by atoms with Crippen LogP contribution in [0.15, 0.2) is 29.3 Å². The maximum Gasteiger partial charge on any atom is 0.191 e. The van der Waals surface area contributed by atoms with Gasteiger partial charge >= 0.3 is 0 Å². The van der Waals surface area contributed by atoms with Gasteiger partial charge in [-0.2, -0.15) is 0 Å². The lowest BCUT2D eigenvalue weighted by molar-refractivity contribution is 0.00528. The molecule has 1 heterocycles. The van der Waals surface area contributed by atoms with E-state index in [1.807, 2.05) is 18.2 Å². The lowest BCUT2D eigenvalue weighted by atomic mass is 10.1. The highest BCUT2D eigenvalue weighted by molar-refractivity contribution is 6.30. The Morgan fingerprint density at radius 3 is 3.10 bits per heavy atom. The molecule has 1 saturated carbocycles. The summed E-state index contributed by atoms with van der Waals surface area (Å²) in [6, 6.07) is 8.32. The van der Waals surface area contributed by atoms with Crippen LogP contribution >= 0.6 is 11.6 Å². The van der Waals surface area contributed by atoms with E-state index in [1.54, 1.807) is 0 Å². The van der Waals surface area contributed by atoms with Crippen molar-refractivity contribution < 1.29 is 4.74 Å². The highest BCUT2D eigenvalue weighted by Crippen LogP contribution is 2.44. The molecule has 20 heavy (non-hydrogen) atoms. The highest BCUT2D eigenvalue weighted by atomic mass is 35.5. The molecule has 0 radical (unpaired) electrons. The zero-order chi connectivity index (χ0) is 14.1. The fraction of sp³-hybridized carbons (Fsp3) is 0.533. The van der Waals surface area contributed by atoms with Gasteiger partial charge in [0.1, 0.15) is 0 Å². The normalized spacial score (nSPS) is 30.4. The van der Waals surface area contributed by atoms with E-state index in [0.717, 1.165) is 31.1 Å². The van der Waals surface area contributed by atoms with Crippen LogP contribution in [-0.4, -0.2) is 42.7 Å². The minimum atomic E-state index is 0.223. The maximum absolute atomic E-state index is 6.12. The highest BCUT2D eigenvalue weighted by Gasteiger charge is 2.39. The summed E-state index contributed by atoms with van der Waals surface area (Å²) in [6.45, 7) is 4.43. The molecule has 1 unspecified atom stereocenters. The molecule has 2 aliphatic rings. The molecule has 3 atom stereocenters. The van der Waals surface area contributed by atoms with Crippen molar-refractivity contribution in [3.63, 3.8) is 0 Å². The monoisotopic (exact) mass is 293 g/mol. The molecular formula is C15H20ClN3O. The van der Waals surface area contributed by atoms with E-state index in [2.05, 4.69) is 22.9 Å². The van der Waals surface area contributed by atoms with Crippen LogP contribution < -0.4 is 5.73 Å². The van der Waals surface area contributed by atoms with Crippen LogP contribution in [0.5, 0.6) is 0 Å². The second kappa shape index (κ2) is 5.62. The molecule has 0 spiro atoms. The minimum Gasteiger partial charge on any atom is -0.375 e. The second-order valence-corrected chi connectivity index (χ2v) is 6.02. The zero-order valence-electron chi connectivity index (χ0n) is 11.6. The van der Waals surface area contributed by atoms with Crippen molar-refractivity contribution in [3.05, 3.63) is 34.9 Å². The standard InChI is InChI=1S/C15H20ClN3O/c1-10-9-19(5-6-20-10)15(17)18-14-8-13(14)11-3-2-4-12(16)7-11/h2-4,7,10,13-14H,5-6,8-9H2,1H3,(H2,17,18)/t10?,13-,14+/m0/s1. The number of hydrogen-bond acceptors (Lipinski definition) is 2. The van der Waals surface area contributed by atoms with E-state index >= 15 is 0 Å². The number of rotatable bonds is 2. The molecule has 0 aromatic heterocycles. The van der Waals surface area contributed by atoms with Gasteiger partial charge in [-0.25, -0.2) is 4.99 Å². The van der Waals surface area contributed by atoms with Gasteiger partial charge in [0.2, 0.25) is 0 Å². The molecule has 1 aliphatic carbocycles. The number of guanidine groups is 1. The Hall–Kier alpha value is -1.26. The zero-order valence-corrected chi connectivity index (χ0v) is 12.4. The smallest absolute Gasteiger partial charge is 0.191 e. The number of morpholine rings is 1. The first-order valence-corrected chi connectivity index (χ1v) is 7.46. The molecule has 4 nitrogen and oxygen atoms in total. The molecule has 5 heteroatoms. The average Bonchev–Trinajstić information content (AvgIpc) is 3.18. The molecule has 1 aromatic carbocycles. The Labute approximate surface area is 124 Å². The summed E-state index contributed by atoms with van der Waals surface area (Å²) in [5, 5.41) is 0.784. The van der Waals surface area contributed by atoms with Crippen molar-refractivity contribution in [2.75, 3.05) is 19.7 Å². The van der Waals surface area contributed by atoms with E-state index < -0.39 is 0 Å². The van der Waals surface area contributed by atoms with Crippen LogP contribution in [0.25, 0.3) is 0 Å². The second-order valence-electron chi connectivity index (χ2n) is 5.58. The molecule has 0 amide bonds. The van der Waals surface area contributed by atoms with Gasteiger partial charge in [0, 0.05) is 24.0 Å². The van der Waals surface area contributed by atoms with E-state index in [1.165, 1.54) is 5.56 Å². The number of ether oxygens (including phenoxy) is 1. The molecule has 0 bridgehead atoms. The van der Waals surface area contributed by atoms with Gasteiger partial charge in [-0.15, -0.1) is 0 Å². The van der Waals surface area contributed by atoms with Gasteiger partial charge in [0.05, 0.1) is 18.8 Å². The predicted octanol–water partition coefficient (Wildman–Crippen LogP) is 2.23. The number of halogens is 1. The lowest BCUT2D eigenvalue weighted by Gasteiger charge is -2.31. The number of aliphatic imine (C=N–C) groups is 1. The number of nitrogens with two attached hydrogens (primary N) is 1. The summed E-state index contributed by atoms with van der Waals surface area (Å²) in [7, 11) is 0. The Morgan fingerprint density at radius 2 is 2.35 bits per heavy atom. The summed E-state index contributed by atoms with van der Waals surface area (Å²) in [6.07, 6.45) is 1.28. The first-order chi connectivity index (χ1) is 9.63. The maximum atomic E-state index is 6.12. The molecule has 3 rings (SSSR count). The largest absolute Gasteiger partial charge is 0.375 e. The number of benzene rings is 1. The lowest BCUT2D eigenvalue weighted by Crippen LogP contribution is -2.48. The van der Waals surface area contributed by atoms with Crippen LogP contribution in [0.1, 0.15) is 24.8 Å². The molecule has 1 aromatic rings. The molecule has 1 saturated heterocycles. The van der Waals surface area contributed by atoms with E-state index in [0.29, 0.717) is 17.9 Å². The third-order valence-electron chi connectivity index (χ3n) is 3.90. The van der Waals surface area contributed by atoms with Crippen LogP contribution in [0.4, 0.5) is 0 Å². The Bertz CT molecular complexity index is 520. The van der Waals surface area contributed by atoms with Gasteiger partial charge in [0.15, 0.2) is 5.96 Å². The third-order valence-corrected chi connectivity index (χ3v) is 4.13. The fourth-order valence-corrected chi connectivity index (χ4v) is 2.90. The molecule has 2 fully saturated rings. The van der Waals surface area contributed by atoms with Crippen molar-refractivity contribution in [2.24, 2.45) is 10.7 Å². The summed E-state index contributed by atoms with van der Waals surface area (Å²) in [5.74, 6) is 1.11. The minimum absolute atomic E-state index is 0.223. The first-order valence-electron chi connectivity index (χ1n) is 7.09. The van der Waals surface area contributed by atoms with Gasteiger partial charge in [-0.05, 0) is 31.0 Å². The van der Waals surface area contributed by atoms with E-state index in [-0.39, 0.29) is 6.10 Å². The third kappa shape index (κ3) is 3.07. The number of hydrogen-bond donors (Lipinski definition) is 1. The van der Waals surface area contributed by atoms with Crippen molar-refractivity contribution in [1.82, 2.24) is 4.90 Å². The summed E-state index contributed by atoms with van der Waals surface area (Å²) in [5.41, 5.74) is 7.37. The van der Waals surface area contributed by atoms with E-state index in [9.17, 15) is 0 Å². The Kier molecular flexibility index (Phi) is 3.85. The van der Waals surface area contributed by atoms with Gasteiger partial charge in [-0.3, -0.25) is 0 Å². The van der Waals surface area contributed by atoms with E-state index in [4.69, 9.17) is 22.1 Å². The summed E-state index contributed by atoms with van der Waals surface area (Å²) in [4.78, 5) is 6.77. The van der Waals surface area contributed by atoms with Crippen molar-refractivity contribution in [2.45, 2.75) is 31.4 Å². The summed E-state index contributed by atoms with van der Waals surface area (Å²) < 4.78 is 5.52. The topological polar surface area (TPSA) is 50.8 Å². The summed E-state index contributed by atoms with van der Waals surface area (Å²) >= 11 is 6.03. The molecule has 1 aliphatic heterocycles. The van der Waals surface area contributed by atoms with Crippen LogP contribution in [-0.2, 0) is 4.74 Å². The van der Waals surface area contributed by atoms with Crippen LogP contribution in [0, 0.1) is 0 Å². The van der Waals surface area contributed by atoms with Gasteiger partial charge in [0.25, 0.3) is 0 Å². The first kappa shape index (κ1) is 13.7. The predicted molar refractivity (Wildman–Crippen MR) is 81.2 cm³/mol. The SMILES string of the molecule is CC1CN(C(N)=N[C@@H]2C[C@H]2c2cccc(Cl)c2)CCO1. The average molecular weight is 294 g/mol. The quantitative estimate of drug-likeness (QED) is 0.672. The van der Waals surface area contributed by atoms with Crippen LogP contribution in [0.2, 0.25) is 5.02 Å². The number of nitrogens with zero attached hydrogens (tertiary/aromatic N) is 2. The fourth-order valence-electron chi connectivity index (χ4n) is 2.70. The Morgan fingerprint density at radius 1 is 1.50 bits per heavy atom. The van der Waals surface area contributed by atoms with Gasteiger partial charge < -0.3 is 15.4 Å². The van der Waals surface area contributed by atoms with Crippen LogP contribution in [0.3, 0.4) is 0 Å². The van der Waals surface area contributed by atoms with Gasteiger partial charge in [-0.1, -0.05) is 23.7 Å².